The summed E-state index contributed by atoms with van der Waals surface area (Å²) in [6, 6.07) is 0. The normalized spacial score (nSPS) is 30.3. The summed E-state index contributed by atoms with van der Waals surface area (Å²) < 4.78 is 0. The highest BCUT2D eigenvalue weighted by Gasteiger charge is 2.01. The zero-order valence-electron chi connectivity index (χ0n) is 10.9. The maximum atomic E-state index is 2.20. The molecule has 0 heteroatoms. The third-order valence-corrected chi connectivity index (χ3v) is 2.80. The predicted octanol–water partition coefficient (Wildman–Crippen LogP) is 5.15. The van der Waals surface area contributed by atoms with Gasteiger partial charge in [0.2, 0.25) is 0 Å². The quantitative estimate of drug-likeness (QED) is 0.554. The Balaban J connectivity index is 2.19. The van der Waals surface area contributed by atoms with Crippen LogP contribution in [0.2, 0.25) is 0 Å². The SMILES string of the molecule is C1=CC2=C(/C=C/C=C\C=C\C=C\C=C/C=C/C=C/2)C1. The van der Waals surface area contributed by atoms with E-state index in [0.717, 1.165) is 6.42 Å². The van der Waals surface area contributed by atoms with Gasteiger partial charge in [0.05, 0.1) is 0 Å². The minimum Gasteiger partial charge on any atom is -0.0795 e. The second-order valence-corrected chi connectivity index (χ2v) is 4.23. The minimum atomic E-state index is 1.02. The average molecular weight is 246 g/mol. The molecule has 0 saturated carbocycles. The van der Waals surface area contributed by atoms with E-state index in [2.05, 4.69) is 42.5 Å². The van der Waals surface area contributed by atoms with Crippen LogP contribution in [0.3, 0.4) is 0 Å². The van der Waals surface area contributed by atoms with E-state index < -0.39 is 0 Å². The van der Waals surface area contributed by atoms with Crippen LogP contribution in [0.4, 0.5) is 0 Å². The van der Waals surface area contributed by atoms with E-state index in [1.54, 1.807) is 0 Å². The number of hydrogen-bond donors (Lipinski definition) is 0. The predicted molar refractivity (Wildman–Crippen MR) is 84.8 cm³/mol. The summed E-state index contributed by atoms with van der Waals surface area (Å²) in [6.45, 7) is 0. The first kappa shape index (κ1) is 13.1. The van der Waals surface area contributed by atoms with E-state index >= 15 is 0 Å². The molecule has 0 N–H and O–H groups in total. The van der Waals surface area contributed by atoms with E-state index in [0.29, 0.717) is 0 Å². The maximum Gasteiger partial charge on any atom is -0.00882 e. The Morgan fingerprint density at radius 2 is 0.947 bits per heavy atom. The summed E-state index contributed by atoms with van der Waals surface area (Å²) in [4.78, 5) is 0. The molecule has 94 valence electrons. The Labute approximate surface area is 115 Å². The summed E-state index contributed by atoms with van der Waals surface area (Å²) >= 11 is 0. The zero-order chi connectivity index (χ0) is 13.2. The van der Waals surface area contributed by atoms with Crippen LogP contribution in [0.15, 0.2) is 108 Å². The van der Waals surface area contributed by atoms with Gasteiger partial charge in [0.25, 0.3) is 0 Å². The van der Waals surface area contributed by atoms with E-state index in [1.165, 1.54) is 11.1 Å². The first-order valence-electron chi connectivity index (χ1n) is 6.54. The van der Waals surface area contributed by atoms with Crippen molar-refractivity contribution in [3.8, 4) is 0 Å². The monoisotopic (exact) mass is 246 g/mol. The summed E-state index contributed by atoms with van der Waals surface area (Å²) in [7, 11) is 0. The van der Waals surface area contributed by atoms with Crippen molar-refractivity contribution in [1.29, 1.82) is 0 Å². The topological polar surface area (TPSA) is 0 Å². The smallest absolute Gasteiger partial charge is 0.00882 e. The fourth-order valence-electron chi connectivity index (χ4n) is 1.84. The molecule has 0 aromatic carbocycles. The van der Waals surface area contributed by atoms with Crippen LogP contribution in [-0.4, -0.2) is 0 Å². The molecule has 19 heavy (non-hydrogen) atoms. The van der Waals surface area contributed by atoms with Crippen LogP contribution in [0, 0.1) is 0 Å². The van der Waals surface area contributed by atoms with E-state index in [4.69, 9.17) is 0 Å². The van der Waals surface area contributed by atoms with Crippen LogP contribution in [0.25, 0.3) is 0 Å². The molecule has 0 atom stereocenters. The molecular formula is C19H18. The van der Waals surface area contributed by atoms with Crippen molar-refractivity contribution in [3.63, 3.8) is 0 Å². The molecule has 0 aromatic rings. The third-order valence-electron chi connectivity index (χ3n) is 2.80. The lowest BCUT2D eigenvalue weighted by atomic mass is 10.1. The highest BCUT2D eigenvalue weighted by atomic mass is 14.1. The molecular weight excluding hydrogens is 228 g/mol. The number of allylic oxidation sites excluding steroid dienone is 18. The Kier molecular flexibility index (Phi) is 5.44. The molecule has 0 unspecified atom stereocenters. The standard InChI is InChI=1S/C19H18/c1-2-4-6-8-10-12-15-19-17-13-16-18(19)14-11-9-7-5-3-1/h1-16H,17H2/b2-1+,3-1?,4-2?,5-3-,6-4+,7-5?,8-6?,9-7+,10-8-,11-9?,12-10?,14-11+,15-12+,18-14?,19-15?. The van der Waals surface area contributed by atoms with Gasteiger partial charge in [-0.25, -0.2) is 0 Å². The first-order chi connectivity index (χ1) is 9.47. The van der Waals surface area contributed by atoms with Gasteiger partial charge in [-0.3, -0.25) is 0 Å². The van der Waals surface area contributed by atoms with Crippen LogP contribution >= 0.6 is 0 Å². The zero-order valence-corrected chi connectivity index (χ0v) is 10.9. The summed E-state index contributed by atoms with van der Waals surface area (Å²) in [6.07, 6.45) is 34.2. The van der Waals surface area contributed by atoms with Gasteiger partial charge in [-0.05, 0) is 17.6 Å². The van der Waals surface area contributed by atoms with Crippen LogP contribution < -0.4 is 0 Å². The van der Waals surface area contributed by atoms with Gasteiger partial charge in [-0.2, -0.15) is 0 Å². The van der Waals surface area contributed by atoms with Crippen LogP contribution in [0.1, 0.15) is 6.42 Å². The lowest BCUT2D eigenvalue weighted by Gasteiger charge is -1.95. The van der Waals surface area contributed by atoms with Crippen LogP contribution in [0.5, 0.6) is 0 Å². The Bertz CT molecular complexity index is 553. The minimum absolute atomic E-state index is 1.02. The third kappa shape index (κ3) is 4.81. The molecule has 0 aromatic heterocycles. The number of hydrogen-bond acceptors (Lipinski definition) is 0. The molecule has 2 aliphatic carbocycles. The molecule has 0 radical (unpaired) electrons. The Morgan fingerprint density at radius 3 is 1.53 bits per heavy atom. The number of rotatable bonds is 0. The van der Waals surface area contributed by atoms with Crippen molar-refractivity contribution in [3.05, 3.63) is 108 Å². The van der Waals surface area contributed by atoms with E-state index in [1.807, 2.05) is 54.7 Å². The van der Waals surface area contributed by atoms with E-state index in [9.17, 15) is 0 Å². The summed E-state index contributed by atoms with van der Waals surface area (Å²) in [5, 5.41) is 0. The van der Waals surface area contributed by atoms with Gasteiger partial charge in [0.15, 0.2) is 0 Å². The van der Waals surface area contributed by atoms with Gasteiger partial charge < -0.3 is 0 Å². The van der Waals surface area contributed by atoms with Gasteiger partial charge in [0, 0.05) is 0 Å². The van der Waals surface area contributed by atoms with Crippen LogP contribution in [-0.2, 0) is 0 Å². The molecule has 0 heterocycles. The van der Waals surface area contributed by atoms with Gasteiger partial charge in [-0.15, -0.1) is 0 Å². The fourth-order valence-corrected chi connectivity index (χ4v) is 1.84. The Morgan fingerprint density at radius 1 is 0.474 bits per heavy atom. The molecule has 0 amide bonds. The summed E-state index contributed by atoms with van der Waals surface area (Å²) in [5.41, 5.74) is 2.65. The van der Waals surface area contributed by atoms with E-state index in [-0.39, 0.29) is 0 Å². The van der Waals surface area contributed by atoms with Crippen molar-refractivity contribution in [2.75, 3.05) is 0 Å². The fraction of sp³-hybridized carbons (Fsp3) is 0.0526. The maximum absolute atomic E-state index is 2.20. The van der Waals surface area contributed by atoms with Gasteiger partial charge in [0.1, 0.15) is 0 Å². The molecule has 0 nitrogen and oxygen atoms in total. The van der Waals surface area contributed by atoms with Gasteiger partial charge in [-0.1, -0.05) is 97.2 Å². The largest absolute Gasteiger partial charge is 0.0795 e. The lowest BCUT2D eigenvalue weighted by Crippen LogP contribution is -1.75. The first-order valence-corrected chi connectivity index (χ1v) is 6.54. The van der Waals surface area contributed by atoms with Crippen molar-refractivity contribution >= 4 is 0 Å². The van der Waals surface area contributed by atoms with Crippen molar-refractivity contribution < 1.29 is 0 Å². The average Bonchev–Trinajstić information content (AvgIpc) is 2.85. The molecule has 0 saturated heterocycles. The Hall–Kier alpha value is -2.34. The van der Waals surface area contributed by atoms with Gasteiger partial charge >= 0.3 is 0 Å². The highest BCUT2D eigenvalue weighted by Crippen LogP contribution is 2.21. The molecule has 0 bridgehead atoms. The van der Waals surface area contributed by atoms with Crippen molar-refractivity contribution in [2.24, 2.45) is 0 Å². The van der Waals surface area contributed by atoms with Crippen molar-refractivity contribution in [2.45, 2.75) is 6.42 Å². The lowest BCUT2D eigenvalue weighted by molar-refractivity contribution is 1.32. The second kappa shape index (κ2) is 7.88. The molecule has 2 rings (SSSR count). The second-order valence-electron chi connectivity index (χ2n) is 4.23. The van der Waals surface area contributed by atoms with Crippen molar-refractivity contribution in [1.82, 2.24) is 0 Å². The molecule has 2 aliphatic rings. The summed E-state index contributed by atoms with van der Waals surface area (Å²) in [5.74, 6) is 0. The molecule has 0 aliphatic heterocycles. The molecule has 0 spiro atoms. The highest BCUT2D eigenvalue weighted by molar-refractivity contribution is 5.47. The molecule has 0 fully saturated rings.